The van der Waals surface area contributed by atoms with Crippen molar-refractivity contribution in [3.63, 3.8) is 0 Å². The van der Waals surface area contributed by atoms with Crippen LogP contribution < -0.4 is 10.6 Å². The zero-order valence-electron chi connectivity index (χ0n) is 14.5. The van der Waals surface area contributed by atoms with E-state index in [0.717, 1.165) is 28.8 Å². The van der Waals surface area contributed by atoms with E-state index in [-0.39, 0.29) is 16.1 Å². The van der Waals surface area contributed by atoms with Gasteiger partial charge in [-0.1, -0.05) is 0 Å². The van der Waals surface area contributed by atoms with Crippen molar-refractivity contribution in [2.24, 2.45) is 5.73 Å². The van der Waals surface area contributed by atoms with Crippen molar-refractivity contribution in [2.75, 3.05) is 10.7 Å². The highest BCUT2D eigenvalue weighted by Gasteiger charge is 2.48. The maximum atomic E-state index is 14.6. The van der Waals surface area contributed by atoms with E-state index in [1.807, 2.05) is 0 Å². The van der Waals surface area contributed by atoms with Crippen LogP contribution in [-0.2, 0) is 0 Å². The Hall–Kier alpha value is -1.07. The Kier molecular flexibility index (Phi) is 6.38. The summed E-state index contributed by atoms with van der Waals surface area (Å²) >= 11 is 1.31. The molecule has 0 spiro atoms. The quantitative estimate of drug-likeness (QED) is 0.479. The Morgan fingerprint density at radius 1 is 1.15 bits per heavy atom. The van der Waals surface area contributed by atoms with E-state index >= 15 is 0 Å². The van der Waals surface area contributed by atoms with E-state index in [2.05, 4.69) is 0 Å². The normalized spacial score (nSPS) is 19.8. The fourth-order valence-corrected chi connectivity index (χ4v) is 4.64. The van der Waals surface area contributed by atoms with E-state index in [4.69, 9.17) is 5.73 Å². The number of alkyl halides is 6. The standard InChI is InChI=1S/C16H17F7N2S2/c1-7-4-10(17)11(5-12(7)26-6-15(18,19)20)25-8(2)9(3)27-14(25)13(24)16(21,22)23/h4-5,13-14H,6,24H2,1-3H3. The van der Waals surface area contributed by atoms with Crippen LogP contribution in [0.1, 0.15) is 19.4 Å². The highest BCUT2D eigenvalue weighted by molar-refractivity contribution is 8.04. The third kappa shape index (κ3) is 5.05. The molecule has 2 rings (SSSR count). The molecule has 0 saturated carbocycles. The molecule has 2 unspecified atom stereocenters. The fraction of sp³-hybridized carbons (Fsp3) is 0.500. The fourth-order valence-electron chi connectivity index (χ4n) is 2.53. The van der Waals surface area contributed by atoms with E-state index in [0.29, 0.717) is 22.4 Å². The zero-order chi connectivity index (χ0) is 20.7. The summed E-state index contributed by atoms with van der Waals surface area (Å²) in [6.45, 7) is 4.55. The molecular formula is C16H17F7N2S2. The predicted molar refractivity (Wildman–Crippen MR) is 94.2 cm³/mol. The van der Waals surface area contributed by atoms with Crippen LogP contribution in [0.25, 0.3) is 0 Å². The Labute approximate surface area is 160 Å². The summed E-state index contributed by atoms with van der Waals surface area (Å²) in [4.78, 5) is 1.79. The monoisotopic (exact) mass is 434 g/mol. The molecule has 27 heavy (non-hydrogen) atoms. The van der Waals surface area contributed by atoms with Gasteiger partial charge < -0.3 is 10.6 Å². The van der Waals surface area contributed by atoms with Gasteiger partial charge in [0.1, 0.15) is 17.2 Å². The van der Waals surface area contributed by atoms with E-state index in [1.165, 1.54) is 13.8 Å². The average molecular weight is 434 g/mol. The molecule has 0 saturated heterocycles. The SMILES string of the molecule is CC1=C(C)N(c2cc(SCC(F)(F)F)c(C)cc2F)C(C(N)C(F)(F)F)S1. The largest absolute Gasteiger partial charge is 0.406 e. The van der Waals surface area contributed by atoms with E-state index in [1.54, 1.807) is 6.92 Å². The van der Waals surface area contributed by atoms with Crippen LogP contribution in [0.2, 0.25) is 0 Å². The van der Waals surface area contributed by atoms with Gasteiger partial charge in [0.25, 0.3) is 0 Å². The molecule has 2 nitrogen and oxygen atoms in total. The van der Waals surface area contributed by atoms with Crippen LogP contribution in [0, 0.1) is 12.7 Å². The first kappa shape index (κ1) is 22.2. The second-order valence-electron chi connectivity index (χ2n) is 6.06. The van der Waals surface area contributed by atoms with E-state index in [9.17, 15) is 30.7 Å². The van der Waals surface area contributed by atoms with Crippen molar-refractivity contribution in [1.29, 1.82) is 0 Å². The molecule has 11 heteroatoms. The summed E-state index contributed by atoms with van der Waals surface area (Å²) in [5, 5.41) is -1.34. The number of hydrogen-bond donors (Lipinski definition) is 1. The Morgan fingerprint density at radius 3 is 2.26 bits per heavy atom. The summed E-state index contributed by atoms with van der Waals surface area (Å²) in [6, 6.07) is -0.0859. The smallest absolute Gasteiger partial charge is 0.327 e. The topological polar surface area (TPSA) is 29.3 Å². The molecule has 2 N–H and O–H groups in total. The van der Waals surface area contributed by atoms with Gasteiger partial charge in [-0.2, -0.15) is 26.3 Å². The summed E-state index contributed by atoms with van der Waals surface area (Å²) in [6.07, 6.45) is -9.14. The van der Waals surface area contributed by atoms with Crippen molar-refractivity contribution in [2.45, 2.75) is 49.4 Å². The number of rotatable bonds is 4. The molecule has 0 aliphatic carbocycles. The van der Waals surface area contributed by atoms with Crippen LogP contribution >= 0.6 is 23.5 Å². The molecule has 1 aromatic rings. The first-order valence-corrected chi connectivity index (χ1v) is 9.54. The lowest BCUT2D eigenvalue weighted by molar-refractivity contribution is -0.147. The highest BCUT2D eigenvalue weighted by Crippen LogP contribution is 2.46. The van der Waals surface area contributed by atoms with Gasteiger partial charge in [-0.15, -0.1) is 23.5 Å². The third-order valence-corrected chi connectivity index (χ3v) is 6.62. The predicted octanol–water partition coefficient (Wildman–Crippen LogP) is 5.81. The van der Waals surface area contributed by atoms with Gasteiger partial charge in [0.15, 0.2) is 0 Å². The Morgan fingerprint density at radius 2 is 1.74 bits per heavy atom. The molecular weight excluding hydrogens is 417 g/mol. The van der Waals surface area contributed by atoms with Crippen molar-refractivity contribution in [3.8, 4) is 0 Å². The molecule has 0 fully saturated rings. The molecule has 2 atom stereocenters. The number of allylic oxidation sites excluding steroid dienone is 2. The summed E-state index contributed by atoms with van der Waals surface area (Å²) in [5.74, 6) is -2.01. The number of nitrogens with zero attached hydrogens (tertiary/aromatic N) is 1. The number of benzene rings is 1. The Balaban J connectivity index is 2.46. The van der Waals surface area contributed by atoms with Gasteiger partial charge in [-0.3, -0.25) is 0 Å². The zero-order valence-corrected chi connectivity index (χ0v) is 16.1. The van der Waals surface area contributed by atoms with Gasteiger partial charge in [0, 0.05) is 15.5 Å². The van der Waals surface area contributed by atoms with Crippen LogP contribution in [0.4, 0.5) is 36.4 Å². The summed E-state index contributed by atoms with van der Waals surface area (Å²) < 4.78 is 91.5. The molecule has 0 radical (unpaired) electrons. The molecule has 1 heterocycles. The molecule has 0 amide bonds. The van der Waals surface area contributed by atoms with Crippen LogP contribution in [0.5, 0.6) is 0 Å². The molecule has 0 aromatic heterocycles. The van der Waals surface area contributed by atoms with Gasteiger partial charge in [0.2, 0.25) is 0 Å². The average Bonchev–Trinajstić information content (AvgIpc) is 2.79. The van der Waals surface area contributed by atoms with Crippen molar-refractivity contribution >= 4 is 29.2 Å². The van der Waals surface area contributed by atoms with Crippen molar-refractivity contribution in [3.05, 3.63) is 34.1 Å². The first-order chi connectivity index (χ1) is 12.2. The van der Waals surface area contributed by atoms with E-state index < -0.39 is 35.3 Å². The first-order valence-electron chi connectivity index (χ1n) is 7.67. The number of aryl methyl sites for hydroxylation is 1. The van der Waals surface area contributed by atoms with Gasteiger partial charge in [0.05, 0.1) is 11.4 Å². The maximum Gasteiger partial charge on any atom is 0.406 e. The number of thioether (sulfide) groups is 2. The van der Waals surface area contributed by atoms with Crippen LogP contribution in [0.15, 0.2) is 27.6 Å². The number of hydrogen-bond acceptors (Lipinski definition) is 4. The summed E-state index contributed by atoms with van der Waals surface area (Å²) in [5.41, 5.74) is 5.77. The molecule has 1 aliphatic rings. The molecule has 1 aromatic carbocycles. The minimum Gasteiger partial charge on any atom is -0.327 e. The van der Waals surface area contributed by atoms with Gasteiger partial charge in [-0.25, -0.2) is 4.39 Å². The third-order valence-electron chi connectivity index (χ3n) is 4.00. The lowest BCUT2D eigenvalue weighted by Gasteiger charge is -2.33. The lowest BCUT2D eigenvalue weighted by Crippen LogP contribution is -2.51. The Bertz CT molecular complexity index is 744. The summed E-state index contributed by atoms with van der Waals surface area (Å²) in [7, 11) is 0. The molecule has 0 bridgehead atoms. The van der Waals surface area contributed by atoms with Crippen LogP contribution in [0.3, 0.4) is 0 Å². The molecule has 152 valence electrons. The van der Waals surface area contributed by atoms with Gasteiger partial charge in [-0.05, 0) is 38.5 Å². The number of anilines is 1. The second-order valence-corrected chi connectivity index (χ2v) is 8.41. The second kappa shape index (κ2) is 7.75. The molecule has 1 aliphatic heterocycles. The minimum atomic E-state index is -4.71. The van der Waals surface area contributed by atoms with Gasteiger partial charge >= 0.3 is 12.4 Å². The minimum absolute atomic E-state index is 0.144. The van der Waals surface area contributed by atoms with Crippen molar-refractivity contribution in [1.82, 2.24) is 0 Å². The maximum absolute atomic E-state index is 14.6. The van der Waals surface area contributed by atoms with Crippen LogP contribution in [-0.4, -0.2) is 29.5 Å². The lowest BCUT2D eigenvalue weighted by atomic mass is 10.1. The number of halogens is 7. The number of nitrogens with two attached hydrogens (primary N) is 1. The van der Waals surface area contributed by atoms with Crippen molar-refractivity contribution < 1.29 is 30.7 Å². The highest BCUT2D eigenvalue weighted by atomic mass is 32.2.